The quantitative estimate of drug-likeness (QED) is 0.475. The fourth-order valence-corrected chi connectivity index (χ4v) is 3.69. The highest BCUT2D eigenvalue weighted by Crippen LogP contribution is 2.27. The second-order valence-electron chi connectivity index (χ2n) is 7.24. The summed E-state index contributed by atoms with van der Waals surface area (Å²) in [7, 11) is 0. The predicted molar refractivity (Wildman–Crippen MR) is 112 cm³/mol. The average molecular weight is 419 g/mol. The zero-order valence-corrected chi connectivity index (χ0v) is 16.5. The molecule has 2 heterocycles. The van der Waals surface area contributed by atoms with Gasteiger partial charge in [-0.05, 0) is 42.8 Å². The van der Waals surface area contributed by atoms with Crippen molar-refractivity contribution >= 4 is 28.3 Å². The standard InChI is InChI=1S/C22H18FN5O3/c23-17-4-2-15(3-5-17)22(29)27-9-1-8-26(10-11-27)21-12-16(14-24)19-13-18(28(30)31)6-7-20(19)25-21/h2-7,12-13H,1,8-11H2. The molecule has 1 amide bonds. The van der Waals surface area contributed by atoms with Crippen molar-refractivity contribution in [1.29, 1.82) is 5.26 Å². The van der Waals surface area contributed by atoms with Crippen LogP contribution < -0.4 is 4.90 Å². The number of carbonyl (C=O) groups is 1. The van der Waals surface area contributed by atoms with E-state index in [2.05, 4.69) is 11.1 Å². The van der Waals surface area contributed by atoms with E-state index in [0.717, 1.165) is 0 Å². The van der Waals surface area contributed by atoms with Crippen LogP contribution in [0.15, 0.2) is 48.5 Å². The first-order valence-electron chi connectivity index (χ1n) is 9.75. The molecule has 1 aliphatic rings. The fourth-order valence-electron chi connectivity index (χ4n) is 3.69. The number of non-ortho nitro benzene ring substituents is 1. The lowest BCUT2D eigenvalue weighted by Gasteiger charge is -2.23. The molecule has 1 saturated heterocycles. The molecule has 3 aromatic rings. The smallest absolute Gasteiger partial charge is 0.270 e. The second kappa shape index (κ2) is 8.36. The number of nitro groups is 1. The molecule has 0 bridgehead atoms. The van der Waals surface area contributed by atoms with E-state index in [4.69, 9.17) is 0 Å². The minimum atomic E-state index is -0.504. The van der Waals surface area contributed by atoms with Gasteiger partial charge in [0.05, 0.1) is 22.1 Å². The van der Waals surface area contributed by atoms with Gasteiger partial charge in [0, 0.05) is 49.3 Å². The van der Waals surface area contributed by atoms with Gasteiger partial charge in [-0.2, -0.15) is 5.26 Å². The van der Waals surface area contributed by atoms with Gasteiger partial charge in [-0.3, -0.25) is 14.9 Å². The summed E-state index contributed by atoms with van der Waals surface area (Å²) in [5.41, 5.74) is 1.16. The molecule has 2 aromatic carbocycles. The van der Waals surface area contributed by atoms with Crippen molar-refractivity contribution in [2.75, 3.05) is 31.1 Å². The highest BCUT2D eigenvalue weighted by molar-refractivity contribution is 5.94. The number of nitrogens with zero attached hydrogens (tertiary/aromatic N) is 5. The van der Waals surface area contributed by atoms with Gasteiger partial charge in [-0.25, -0.2) is 9.37 Å². The van der Waals surface area contributed by atoms with Crippen LogP contribution in [0.1, 0.15) is 22.3 Å². The van der Waals surface area contributed by atoms with Crippen LogP contribution in [0.4, 0.5) is 15.9 Å². The highest BCUT2D eigenvalue weighted by atomic mass is 19.1. The zero-order chi connectivity index (χ0) is 22.0. The Labute approximate surface area is 177 Å². The van der Waals surface area contributed by atoms with Crippen LogP contribution in [-0.4, -0.2) is 46.9 Å². The first-order chi connectivity index (χ1) is 15.0. The van der Waals surface area contributed by atoms with Gasteiger partial charge >= 0.3 is 0 Å². The maximum Gasteiger partial charge on any atom is 0.270 e. The largest absolute Gasteiger partial charge is 0.355 e. The Bertz CT molecular complexity index is 1210. The van der Waals surface area contributed by atoms with E-state index in [1.54, 1.807) is 17.0 Å². The van der Waals surface area contributed by atoms with E-state index in [1.165, 1.54) is 36.4 Å². The summed E-state index contributed by atoms with van der Waals surface area (Å²) in [6, 6.07) is 13.5. The first-order valence-corrected chi connectivity index (χ1v) is 9.75. The maximum atomic E-state index is 13.1. The van der Waals surface area contributed by atoms with Crippen LogP contribution in [0.3, 0.4) is 0 Å². The number of pyridine rings is 1. The number of nitriles is 1. The fraction of sp³-hybridized carbons (Fsp3) is 0.227. The molecule has 0 spiro atoms. The second-order valence-corrected chi connectivity index (χ2v) is 7.24. The molecule has 1 fully saturated rings. The molecule has 0 saturated carbocycles. The van der Waals surface area contributed by atoms with E-state index in [9.17, 15) is 24.6 Å². The first kappa shape index (κ1) is 20.2. The van der Waals surface area contributed by atoms with Crippen molar-refractivity contribution in [3.05, 3.63) is 75.6 Å². The average Bonchev–Trinajstić information content (AvgIpc) is 3.04. The molecule has 9 heteroatoms. The minimum Gasteiger partial charge on any atom is -0.355 e. The van der Waals surface area contributed by atoms with Crippen LogP contribution in [0.25, 0.3) is 10.9 Å². The Kier molecular flexibility index (Phi) is 5.45. The molecule has 1 aliphatic heterocycles. The molecule has 8 nitrogen and oxygen atoms in total. The summed E-state index contributed by atoms with van der Waals surface area (Å²) in [5, 5.41) is 21.0. The van der Waals surface area contributed by atoms with Crippen molar-refractivity contribution in [2.24, 2.45) is 0 Å². The number of aromatic nitrogens is 1. The van der Waals surface area contributed by atoms with Crippen LogP contribution in [0.5, 0.6) is 0 Å². The number of rotatable bonds is 3. The molecule has 0 aliphatic carbocycles. The topological polar surface area (TPSA) is 103 Å². The lowest BCUT2D eigenvalue weighted by molar-refractivity contribution is -0.384. The number of amides is 1. The number of nitro benzene ring substituents is 1. The molecule has 0 atom stereocenters. The monoisotopic (exact) mass is 419 g/mol. The van der Waals surface area contributed by atoms with E-state index >= 15 is 0 Å². The summed E-state index contributed by atoms with van der Waals surface area (Å²) >= 11 is 0. The van der Waals surface area contributed by atoms with E-state index in [-0.39, 0.29) is 17.4 Å². The Morgan fingerprint density at radius 2 is 1.87 bits per heavy atom. The SMILES string of the molecule is N#Cc1cc(N2CCCN(C(=O)c3ccc(F)cc3)CC2)nc2ccc([N+](=O)[O-])cc12. The van der Waals surface area contributed by atoms with Crippen molar-refractivity contribution in [3.63, 3.8) is 0 Å². The molecular formula is C22H18FN5O3. The lowest BCUT2D eigenvalue weighted by Crippen LogP contribution is -2.35. The summed E-state index contributed by atoms with van der Waals surface area (Å²) in [6.07, 6.45) is 0.703. The van der Waals surface area contributed by atoms with Crippen molar-refractivity contribution in [2.45, 2.75) is 6.42 Å². The van der Waals surface area contributed by atoms with Gasteiger partial charge in [0.2, 0.25) is 0 Å². The lowest BCUT2D eigenvalue weighted by atomic mass is 10.1. The number of anilines is 1. The van der Waals surface area contributed by atoms with E-state index in [0.29, 0.717) is 60.4 Å². The van der Waals surface area contributed by atoms with Crippen LogP contribution in [-0.2, 0) is 0 Å². The third-order valence-corrected chi connectivity index (χ3v) is 5.31. The minimum absolute atomic E-state index is 0.0942. The van der Waals surface area contributed by atoms with Gasteiger partial charge in [0.1, 0.15) is 11.6 Å². The molecule has 1 aromatic heterocycles. The Hall–Kier alpha value is -4.06. The normalized spacial score (nSPS) is 14.2. The third kappa shape index (κ3) is 4.14. The van der Waals surface area contributed by atoms with Crippen LogP contribution in [0, 0.1) is 27.3 Å². The summed E-state index contributed by atoms with van der Waals surface area (Å²) in [4.78, 5) is 31.6. The molecule has 0 radical (unpaired) electrons. The van der Waals surface area contributed by atoms with Crippen LogP contribution >= 0.6 is 0 Å². The number of benzene rings is 2. The van der Waals surface area contributed by atoms with Gasteiger partial charge in [0.15, 0.2) is 0 Å². The van der Waals surface area contributed by atoms with E-state index in [1.807, 2.05) is 4.90 Å². The molecule has 0 unspecified atom stereocenters. The Balaban J connectivity index is 1.57. The van der Waals surface area contributed by atoms with Gasteiger partial charge < -0.3 is 9.80 Å². The molecule has 4 rings (SSSR count). The Morgan fingerprint density at radius 1 is 1.10 bits per heavy atom. The third-order valence-electron chi connectivity index (χ3n) is 5.31. The zero-order valence-electron chi connectivity index (χ0n) is 16.5. The number of fused-ring (bicyclic) bond motifs is 1. The van der Waals surface area contributed by atoms with Crippen molar-refractivity contribution in [3.8, 4) is 6.07 Å². The molecular weight excluding hydrogens is 401 g/mol. The summed E-state index contributed by atoms with van der Waals surface area (Å²) < 4.78 is 13.1. The number of carbonyl (C=O) groups excluding carboxylic acids is 1. The van der Waals surface area contributed by atoms with Gasteiger partial charge in [0.25, 0.3) is 11.6 Å². The summed E-state index contributed by atoms with van der Waals surface area (Å²) in [6.45, 7) is 2.17. The summed E-state index contributed by atoms with van der Waals surface area (Å²) in [5.74, 6) is 0.0481. The molecule has 156 valence electrons. The molecule has 31 heavy (non-hydrogen) atoms. The highest BCUT2D eigenvalue weighted by Gasteiger charge is 2.22. The van der Waals surface area contributed by atoms with Gasteiger partial charge in [-0.15, -0.1) is 0 Å². The Morgan fingerprint density at radius 3 is 2.58 bits per heavy atom. The number of hydrogen-bond donors (Lipinski definition) is 0. The van der Waals surface area contributed by atoms with Crippen molar-refractivity contribution in [1.82, 2.24) is 9.88 Å². The maximum absolute atomic E-state index is 13.1. The number of hydrogen-bond acceptors (Lipinski definition) is 6. The predicted octanol–water partition coefficient (Wildman–Crippen LogP) is 3.51. The van der Waals surface area contributed by atoms with Crippen molar-refractivity contribution < 1.29 is 14.1 Å². The van der Waals surface area contributed by atoms with Gasteiger partial charge in [-0.1, -0.05) is 0 Å². The van der Waals surface area contributed by atoms with E-state index < -0.39 is 4.92 Å². The molecule has 0 N–H and O–H groups in total. The van der Waals surface area contributed by atoms with Crippen LogP contribution in [0.2, 0.25) is 0 Å². The number of halogens is 1.